The Hall–Kier alpha value is -1.06. The summed E-state index contributed by atoms with van der Waals surface area (Å²) in [5, 5.41) is 12.9. The molecule has 104 valence electrons. The maximum atomic E-state index is 9.46. The van der Waals surface area contributed by atoms with Crippen LogP contribution < -0.4 is 10.1 Å². The van der Waals surface area contributed by atoms with Crippen LogP contribution in [0.5, 0.6) is 5.75 Å². The highest BCUT2D eigenvalue weighted by Crippen LogP contribution is 2.27. The van der Waals surface area contributed by atoms with Crippen LogP contribution >= 0.6 is 0 Å². The molecule has 0 amide bonds. The molecule has 19 heavy (non-hydrogen) atoms. The van der Waals surface area contributed by atoms with E-state index in [1.807, 2.05) is 12.1 Å². The third-order valence-electron chi connectivity index (χ3n) is 4.08. The Bertz CT molecular complexity index is 394. The van der Waals surface area contributed by atoms with Crippen LogP contribution in [0.3, 0.4) is 0 Å². The molecule has 0 heterocycles. The molecule has 0 saturated heterocycles. The van der Waals surface area contributed by atoms with E-state index in [1.54, 1.807) is 0 Å². The van der Waals surface area contributed by atoms with E-state index >= 15 is 0 Å². The van der Waals surface area contributed by atoms with E-state index in [4.69, 9.17) is 4.74 Å². The van der Waals surface area contributed by atoms with Gasteiger partial charge in [0.1, 0.15) is 5.75 Å². The van der Waals surface area contributed by atoms with Crippen molar-refractivity contribution in [3.8, 4) is 5.75 Å². The van der Waals surface area contributed by atoms with Crippen molar-refractivity contribution in [1.82, 2.24) is 5.32 Å². The molecule has 2 aliphatic carbocycles. The van der Waals surface area contributed by atoms with Gasteiger partial charge in [0.2, 0.25) is 0 Å². The molecule has 2 saturated carbocycles. The lowest BCUT2D eigenvalue weighted by molar-refractivity contribution is 0.209. The molecule has 0 aromatic heterocycles. The number of ether oxygens (including phenoxy) is 1. The first-order valence-electron chi connectivity index (χ1n) is 7.48. The van der Waals surface area contributed by atoms with Crippen molar-refractivity contribution in [2.75, 3.05) is 6.61 Å². The fraction of sp³-hybridized carbons (Fsp3) is 0.625. The largest absolute Gasteiger partial charge is 0.490 e. The molecule has 3 heteroatoms. The van der Waals surface area contributed by atoms with E-state index in [2.05, 4.69) is 17.4 Å². The fourth-order valence-electron chi connectivity index (χ4n) is 2.77. The predicted molar refractivity (Wildman–Crippen MR) is 75.3 cm³/mol. The van der Waals surface area contributed by atoms with Crippen molar-refractivity contribution < 1.29 is 9.84 Å². The number of hydrogen-bond acceptors (Lipinski definition) is 3. The van der Waals surface area contributed by atoms with Gasteiger partial charge in [-0.25, -0.2) is 0 Å². The average Bonchev–Trinajstić information content (AvgIpc) is 3.12. The van der Waals surface area contributed by atoms with E-state index in [0.717, 1.165) is 11.3 Å². The van der Waals surface area contributed by atoms with E-state index in [0.29, 0.717) is 12.1 Å². The Morgan fingerprint density at radius 3 is 2.37 bits per heavy atom. The van der Waals surface area contributed by atoms with Crippen LogP contribution in [0.15, 0.2) is 24.3 Å². The summed E-state index contributed by atoms with van der Waals surface area (Å²) in [6.07, 6.45) is 7.83. The minimum Gasteiger partial charge on any atom is -0.490 e. The van der Waals surface area contributed by atoms with Gasteiger partial charge in [0.25, 0.3) is 0 Å². The number of aliphatic hydroxyl groups excluding tert-OH is 1. The number of aliphatic hydroxyl groups is 1. The highest BCUT2D eigenvalue weighted by molar-refractivity contribution is 5.29. The fourth-order valence-corrected chi connectivity index (χ4v) is 2.77. The Kier molecular flexibility index (Phi) is 4.04. The predicted octanol–water partition coefficient (Wildman–Crippen LogP) is 2.79. The van der Waals surface area contributed by atoms with Crippen molar-refractivity contribution in [2.24, 2.45) is 0 Å². The molecule has 0 spiro atoms. The molecule has 1 atom stereocenters. The standard InChI is InChI=1S/C16H23NO2/c18-11-16(17-13-7-8-13)12-5-9-15(10-6-12)19-14-3-1-2-4-14/h5-6,9-10,13-14,16-18H,1-4,7-8,11H2. The number of nitrogens with one attached hydrogen (secondary N) is 1. The summed E-state index contributed by atoms with van der Waals surface area (Å²) in [6, 6.07) is 8.87. The minimum absolute atomic E-state index is 0.0630. The molecule has 1 aromatic rings. The maximum absolute atomic E-state index is 9.46. The van der Waals surface area contributed by atoms with Gasteiger partial charge in [0.05, 0.1) is 18.8 Å². The van der Waals surface area contributed by atoms with E-state index in [-0.39, 0.29) is 12.6 Å². The molecule has 1 aromatic carbocycles. The van der Waals surface area contributed by atoms with Crippen molar-refractivity contribution >= 4 is 0 Å². The van der Waals surface area contributed by atoms with Crippen LogP contribution in [0.25, 0.3) is 0 Å². The summed E-state index contributed by atoms with van der Waals surface area (Å²) in [5.74, 6) is 0.957. The molecule has 2 N–H and O–H groups in total. The monoisotopic (exact) mass is 261 g/mol. The van der Waals surface area contributed by atoms with Crippen LogP contribution in [-0.4, -0.2) is 23.9 Å². The molecule has 3 rings (SSSR count). The Balaban J connectivity index is 1.59. The van der Waals surface area contributed by atoms with Crippen molar-refractivity contribution in [3.63, 3.8) is 0 Å². The van der Waals surface area contributed by atoms with Gasteiger partial charge >= 0.3 is 0 Å². The molecule has 2 fully saturated rings. The summed E-state index contributed by atoms with van der Waals surface area (Å²) >= 11 is 0. The van der Waals surface area contributed by atoms with Gasteiger partial charge in [-0.05, 0) is 56.2 Å². The van der Waals surface area contributed by atoms with Gasteiger partial charge in [0, 0.05) is 6.04 Å². The van der Waals surface area contributed by atoms with Gasteiger partial charge in [-0.15, -0.1) is 0 Å². The van der Waals surface area contributed by atoms with Crippen LogP contribution in [-0.2, 0) is 0 Å². The molecule has 0 radical (unpaired) electrons. The van der Waals surface area contributed by atoms with E-state index < -0.39 is 0 Å². The smallest absolute Gasteiger partial charge is 0.119 e. The minimum atomic E-state index is 0.0630. The van der Waals surface area contributed by atoms with Gasteiger partial charge in [0.15, 0.2) is 0 Å². The topological polar surface area (TPSA) is 41.5 Å². The zero-order valence-electron chi connectivity index (χ0n) is 11.3. The second kappa shape index (κ2) is 5.93. The van der Waals surface area contributed by atoms with Gasteiger partial charge < -0.3 is 15.2 Å². The van der Waals surface area contributed by atoms with Gasteiger partial charge in [-0.3, -0.25) is 0 Å². The first kappa shape index (κ1) is 12.9. The Morgan fingerprint density at radius 1 is 1.11 bits per heavy atom. The van der Waals surface area contributed by atoms with Crippen LogP contribution in [0.1, 0.15) is 50.1 Å². The van der Waals surface area contributed by atoms with E-state index in [9.17, 15) is 5.11 Å². The highest BCUT2D eigenvalue weighted by atomic mass is 16.5. The molecule has 0 aliphatic heterocycles. The molecule has 1 unspecified atom stereocenters. The number of rotatable bonds is 6. The third-order valence-corrected chi connectivity index (χ3v) is 4.08. The lowest BCUT2D eigenvalue weighted by atomic mass is 10.1. The zero-order valence-corrected chi connectivity index (χ0v) is 11.3. The second-order valence-corrected chi connectivity index (χ2v) is 5.77. The quantitative estimate of drug-likeness (QED) is 0.827. The summed E-state index contributed by atoms with van der Waals surface area (Å²) in [4.78, 5) is 0. The van der Waals surface area contributed by atoms with Gasteiger partial charge in [-0.1, -0.05) is 12.1 Å². The summed E-state index contributed by atoms with van der Waals surface area (Å²) in [6.45, 7) is 0.152. The SMILES string of the molecule is OCC(NC1CC1)c1ccc(OC2CCCC2)cc1. The average molecular weight is 261 g/mol. The summed E-state index contributed by atoms with van der Waals surface area (Å²) < 4.78 is 5.95. The lowest BCUT2D eigenvalue weighted by Gasteiger charge is -2.18. The first-order chi connectivity index (χ1) is 9.35. The lowest BCUT2D eigenvalue weighted by Crippen LogP contribution is -2.26. The van der Waals surface area contributed by atoms with Crippen molar-refractivity contribution in [2.45, 2.75) is 56.7 Å². The molecule has 2 aliphatic rings. The maximum Gasteiger partial charge on any atom is 0.119 e. The molecule has 0 bridgehead atoms. The summed E-state index contributed by atoms with van der Waals surface area (Å²) in [5.41, 5.74) is 1.15. The third kappa shape index (κ3) is 3.48. The van der Waals surface area contributed by atoms with Crippen LogP contribution in [0.4, 0.5) is 0 Å². The number of benzene rings is 1. The Morgan fingerprint density at radius 2 is 1.79 bits per heavy atom. The highest BCUT2D eigenvalue weighted by Gasteiger charge is 2.25. The van der Waals surface area contributed by atoms with E-state index in [1.165, 1.54) is 38.5 Å². The number of hydrogen-bond donors (Lipinski definition) is 2. The molecular formula is C16H23NO2. The Labute approximate surface area is 115 Å². The van der Waals surface area contributed by atoms with Crippen LogP contribution in [0.2, 0.25) is 0 Å². The first-order valence-corrected chi connectivity index (χ1v) is 7.48. The van der Waals surface area contributed by atoms with Crippen molar-refractivity contribution in [1.29, 1.82) is 0 Å². The van der Waals surface area contributed by atoms with Gasteiger partial charge in [-0.2, -0.15) is 0 Å². The molecular weight excluding hydrogens is 238 g/mol. The summed E-state index contributed by atoms with van der Waals surface area (Å²) in [7, 11) is 0. The second-order valence-electron chi connectivity index (χ2n) is 5.77. The van der Waals surface area contributed by atoms with Crippen LogP contribution in [0, 0.1) is 0 Å². The normalized spacial score (nSPS) is 21.5. The zero-order chi connectivity index (χ0) is 13.1. The molecule has 3 nitrogen and oxygen atoms in total. The van der Waals surface area contributed by atoms with Crippen molar-refractivity contribution in [3.05, 3.63) is 29.8 Å².